The normalized spacial score (nSPS) is 15.9. The van der Waals surface area contributed by atoms with Gasteiger partial charge < -0.3 is 9.30 Å². The summed E-state index contributed by atoms with van der Waals surface area (Å²) in [7, 11) is 0. The Labute approximate surface area is 140 Å². The van der Waals surface area contributed by atoms with Crippen LogP contribution in [0.4, 0.5) is 0 Å². The molecule has 1 N–H and O–H groups in total. The molecule has 1 amide bonds. The van der Waals surface area contributed by atoms with Gasteiger partial charge in [-0.3, -0.25) is 10.2 Å². The Hall–Kier alpha value is -1.63. The number of para-hydroxylation sites is 1. The third kappa shape index (κ3) is 3.83. The molecule has 0 bridgehead atoms. The Morgan fingerprint density at radius 1 is 1.30 bits per heavy atom. The Morgan fingerprint density at radius 2 is 2.13 bits per heavy atom. The number of carbonyl (C=O) groups is 1. The monoisotopic (exact) mass is 336 g/mol. The van der Waals surface area contributed by atoms with E-state index < -0.39 is 0 Å². The maximum absolute atomic E-state index is 12.5. The number of aryl methyl sites for hydroxylation is 1. The van der Waals surface area contributed by atoms with E-state index in [9.17, 15) is 4.79 Å². The highest BCUT2D eigenvalue weighted by Gasteiger charge is 2.17. The molecule has 0 spiro atoms. The van der Waals surface area contributed by atoms with Crippen molar-refractivity contribution in [3.8, 4) is 0 Å². The second-order valence-corrected chi connectivity index (χ2v) is 5.93. The van der Waals surface area contributed by atoms with E-state index in [-0.39, 0.29) is 5.91 Å². The predicted octanol–water partition coefficient (Wildman–Crippen LogP) is 2.03. The molecule has 0 aliphatic carbocycles. The summed E-state index contributed by atoms with van der Waals surface area (Å²) in [4.78, 5) is 17.0. The number of unbranched alkanes of at least 4 members (excludes halogenated alkanes) is 1. The maximum atomic E-state index is 12.5. The van der Waals surface area contributed by atoms with Crippen LogP contribution in [0, 0.1) is 0 Å². The first-order chi connectivity index (χ1) is 11.3. The Morgan fingerprint density at radius 3 is 2.91 bits per heavy atom. The molecule has 7 heteroatoms. The zero-order chi connectivity index (χ0) is 16.1. The maximum Gasteiger partial charge on any atom is 0.267 e. The Balaban J connectivity index is 1.76. The molecular weight excluding hydrogens is 316 g/mol. The van der Waals surface area contributed by atoms with E-state index in [1.807, 2.05) is 23.2 Å². The van der Waals surface area contributed by atoms with Gasteiger partial charge in [0.1, 0.15) is 5.52 Å². The average Bonchev–Trinajstić information content (AvgIpc) is 2.99. The molecule has 0 saturated carbocycles. The number of carbonyl (C=O) groups excluding carboxylic acids is 1. The number of morpholine rings is 1. The highest BCUT2D eigenvalue weighted by molar-refractivity contribution is 6.17. The van der Waals surface area contributed by atoms with Crippen molar-refractivity contribution in [2.75, 3.05) is 32.2 Å². The molecule has 6 nitrogen and oxygen atoms in total. The fraction of sp³-hybridized carbons (Fsp3) is 0.500. The number of rotatable bonds is 6. The van der Waals surface area contributed by atoms with E-state index in [4.69, 9.17) is 16.3 Å². The minimum atomic E-state index is -0.122. The van der Waals surface area contributed by atoms with Crippen LogP contribution in [0.2, 0.25) is 0 Å². The van der Waals surface area contributed by atoms with E-state index >= 15 is 0 Å². The summed E-state index contributed by atoms with van der Waals surface area (Å²) >= 11 is 5.73. The van der Waals surface area contributed by atoms with Crippen LogP contribution in [-0.4, -0.2) is 52.7 Å². The number of alkyl halides is 1. The molecule has 0 unspecified atom stereocenters. The van der Waals surface area contributed by atoms with E-state index in [1.165, 1.54) is 0 Å². The molecule has 1 aliphatic heterocycles. The lowest BCUT2D eigenvalue weighted by Gasteiger charge is -2.26. The van der Waals surface area contributed by atoms with Crippen LogP contribution in [0.3, 0.4) is 0 Å². The number of nitrogens with one attached hydrogen (secondary N) is 1. The summed E-state index contributed by atoms with van der Waals surface area (Å²) in [6, 6.07) is 5.71. The fourth-order valence-corrected chi connectivity index (χ4v) is 2.89. The van der Waals surface area contributed by atoms with Gasteiger partial charge in [0, 0.05) is 25.5 Å². The van der Waals surface area contributed by atoms with E-state index in [0.29, 0.717) is 37.7 Å². The molecule has 1 aliphatic rings. The van der Waals surface area contributed by atoms with Crippen LogP contribution in [0.1, 0.15) is 23.2 Å². The Kier molecular flexibility index (Phi) is 5.48. The summed E-state index contributed by atoms with van der Waals surface area (Å²) in [5.74, 6) is 0.545. The number of hydrogen-bond donors (Lipinski definition) is 1. The van der Waals surface area contributed by atoms with Crippen LogP contribution in [-0.2, 0) is 11.3 Å². The van der Waals surface area contributed by atoms with Crippen LogP contribution in [0.15, 0.2) is 24.5 Å². The number of amides is 1. The van der Waals surface area contributed by atoms with Crippen molar-refractivity contribution in [2.24, 2.45) is 0 Å². The number of ether oxygens (including phenoxy) is 1. The standard InChI is InChI=1S/C16H21ClN4O2/c17-6-1-2-7-20-12-18-15-13(4-3-5-14(15)20)16(22)19-21-8-10-23-11-9-21/h3-5,12H,1-2,6-11H2,(H,19,22). The van der Waals surface area contributed by atoms with Crippen molar-refractivity contribution < 1.29 is 9.53 Å². The molecule has 2 heterocycles. The summed E-state index contributed by atoms with van der Waals surface area (Å²) in [5, 5.41) is 1.89. The lowest BCUT2D eigenvalue weighted by Crippen LogP contribution is -2.48. The molecule has 0 radical (unpaired) electrons. The number of hydrogen-bond acceptors (Lipinski definition) is 4. The molecule has 23 heavy (non-hydrogen) atoms. The van der Waals surface area contributed by atoms with Crippen LogP contribution in [0.5, 0.6) is 0 Å². The third-order valence-electron chi connectivity index (χ3n) is 3.95. The van der Waals surface area contributed by atoms with Gasteiger partial charge in [-0.1, -0.05) is 6.07 Å². The molecule has 124 valence electrons. The molecule has 2 aromatic rings. The number of halogens is 1. The van der Waals surface area contributed by atoms with E-state index in [1.54, 1.807) is 6.33 Å². The van der Waals surface area contributed by atoms with Crippen LogP contribution < -0.4 is 5.43 Å². The van der Waals surface area contributed by atoms with Gasteiger partial charge in [-0.2, -0.15) is 0 Å². The molecule has 0 atom stereocenters. The smallest absolute Gasteiger partial charge is 0.267 e. The summed E-state index contributed by atoms with van der Waals surface area (Å²) in [6.45, 7) is 3.54. The zero-order valence-corrected chi connectivity index (χ0v) is 13.8. The minimum absolute atomic E-state index is 0.122. The number of benzene rings is 1. The lowest BCUT2D eigenvalue weighted by molar-refractivity contribution is 0.0127. The molecular formula is C16H21ClN4O2. The van der Waals surface area contributed by atoms with Gasteiger partial charge in [-0.25, -0.2) is 9.99 Å². The third-order valence-corrected chi connectivity index (χ3v) is 4.22. The summed E-state index contributed by atoms with van der Waals surface area (Å²) in [6.07, 6.45) is 3.77. The number of hydrazine groups is 1. The molecule has 1 aromatic heterocycles. The second kappa shape index (κ2) is 7.77. The van der Waals surface area contributed by atoms with Crippen LogP contribution in [0.25, 0.3) is 11.0 Å². The minimum Gasteiger partial charge on any atom is -0.379 e. The molecule has 3 rings (SSSR count). The lowest BCUT2D eigenvalue weighted by atomic mass is 10.1. The average molecular weight is 337 g/mol. The van der Waals surface area contributed by atoms with Crippen molar-refractivity contribution in [3.63, 3.8) is 0 Å². The van der Waals surface area contributed by atoms with Gasteiger partial charge >= 0.3 is 0 Å². The van der Waals surface area contributed by atoms with Crippen molar-refractivity contribution in [1.29, 1.82) is 0 Å². The number of fused-ring (bicyclic) bond motifs is 1. The van der Waals surface area contributed by atoms with Gasteiger partial charge in [0.25, 0.3) is 5.91 Å². The first-order valence-corrected chi connectivity index (χ1v) is 8.46. The van der Waals surface area contributed by atoms with E-state index in [2.05, 4.69) is 15.0 Å². The fourth-order valence-electron chi connectivity index (χ4n) is 2.71. The van der Waals surface area contributed by atoms with Crippen molar-refractivity contribution in [2.45, 2.75) is 19.4 Å². The zero-order valence-electron chi connectivity index (χ0n) is 13.0. The highest BCUT2D eigenvalue weighted by Crippen LogP contribution is 2.18. The number of imidazole rings is 1. The van der Waals surface area contributed by atoms with E-state index in [0.717, 1.165) is 30.4 Å². The number of nitrogens with zero attached hydrogens (tertiary/aromatic N) is 3. The van der Waals surface area contributed by atoms with Gasteiger partial charge in [0.15, 0.2) is 0 Å². The predicted molar refractivity (Wildman–Crippen MR) is 89.5 cm³/mol. The van der Waals surface area contributed by atoms with Crippen LogP contribution >= 0.6 is 11.6 Å². The summed E-state index contributed by atoms with van der Waals surface area (Å²) in [5.41, 5.74) is 5.26. The highest BCUT2D eigenvalue weighted by atomic mass is 35.5. The van der Waals surface area contributed by atoms with Gasteiger partial charge in [0.2, 0.25) is 0 Å². The number of aromatic nitrogens is 2. The van der Waals surface area contributed by atoms with Gasteiger partial charge in [-0.05, 0) is 25.0 Å². The molecule has 1 saturated heterocycles. The largest absolute Gasteiger partial charge is 0.379 e. The quantitative estimate of drug-likeness (QED) is 0.648. The first-order valence-electron chi connectivity index (χ1n) is 7.93. The second-order valence-electron chi connectivity index (χ2n) is 5.55. The van der Waals surface area contributed by atoms with Gasteiger partial charge in [-0.15, -0.1) is 11.6 Å². The molecule has 1 fully saturated rings. The van der Waals surface area contributed by atoms with Crippen molar-refractivity contribution in [1.82, 2.24) is 20.0 Å². The molecule has 1 aromatic carbocycles. The van der Waals surface area contributed by atoms with Gasteiger partial charge in [0.05, 0.1) is 30.6 Å². The Bertz CT molecular complexity index is 667. The van der Waals surface area contributed by atoms with Crippen molar-refractivity contribution >= 4 is 28.5 Å². The first kappa shape index (κ1) is 16.2. The topological polar surface area (TPSA) is 59.4 Å². The van der Waals surface area contributed by atoms with Crippen molar-refractivity contribution in [3.05, 3.63) is 30.1 Å². The SMILES string of the molecule is O=C(NN1CCOCC1)c1cccc2c1ncn2CCCCCl. The summed E-state index contributed by atoms with van der Waals surface area (Å²) < 4.78 is 7.37.